The molecule has 8 nitrogen and oxygen atoms in total. The Kier molecular flexibility index (Phi) is 6.40. The van der Waals surface area contributed by atoms with E-state index in [1.807, 2.05) is 31.1 Å². The summed E-state index contributed by atoms with van der Waals surface area (Å²) < 4.78 is 27.3. The lowest BCUT2D eigenvalue weighted by molar-refractivity contribution is -0.121. The molecule has 2 aliphatic rings. The summed E-state index contributed by atoms with van der Waals surface area (Å²) in [5.41, 5.74) is 7.60. The van der Waals surface area contributed by atoms with Gasteiger partial charge in [0.1, 0.15) is 6.17 Å². The van der Waals surface area contributed by atoms with Gasteiger partial charge in [-0.1, -0.05) is 11.8 Å². The number of halogens is 2. The first-order chi connectivity index (χ1) is 15.3. The molecule has 0 aliphatic carbocycles. The van der Waals surface area contributed by atoms with Gasteiger partial charge in [0, 0.05) is 38.1 Å². The molecule has 0 radical (unpaired) electrons. The van der Waals surface area contributed by atoms with Crippen molar-refractivity contribution in [3.05, 3.63) is 54.1 Å². The first-order valence-corrected chi connectivity index (χ1v) is 10.9. The summed E-state index contributed by atoms with van der Waals surface area (Å²) in [6.07, 6.45) is -0.492. The van der Waals surface area contributed by atoms with Crippen molar-refractivity contribution in [3.63, 3.8) is 0 Å². The molecule has 11 heteroatoms. The minimum atomic E-state index is -1.07. The molecule has 2 amide bonds. The number of fused-ring (bicyclic) bond motifs is 1. The van der Waals surface area contributed by atoms with Crippen LogP contribution in [-0.4, -0.2) is 49.5 Å². The number of amidine groups is 1. The quantitative estimate of drug-likeness (QED) is 0.634. The summed E-state index contributed by atoms with van der Waals surface area (Å²) in [4.78, 5) is 33.3. The zero-order valence-electron chi connectivity index (χ0n) is 17.4. The summed E-state index contributed by atoms with van der Waals surface area (Å²) in [5, 5.41) is 3.03. The maximum Gasteiger partial charge on any atom is 0.241 e. The fourth-order valence-electron chi connectivity index (χ4n) is 3.40. The van der Waals surface area contributed by atoms with E-state index in [2.05, 4.69) is 21.2 Å². The van der Waals surface area contributed by atoms with E-state index in [0.29, 0.717) is 12.2 Å². The fraction of sp³-hybridized carbons (Fsp3) is 0.286. The van der Waals surface area contributed by atoms with Crippen LogP contribution in [0.1, 0.15) is 0 Å². The highest BCUT2D eigenvalue weighted by Crippen LogP contribution is 2.30. The van der Waals surface area contributed by atoms with E-state index in [1.165, 1.54) is 11.0 Å². The van der Waals surface area contributed by atoms with Gasteiger partial charge in [-0.3, -0.25) is 19.9 Å². The molecular formula is C21H22F2N6O2S. The zero-order valence-corrected chi connectivity index (χ0v) is 18.2. The second-order valence-corrected chi connectivity index (χ2v) is 8.48. The van der Waals surface area contributed by atoms with Gasteiger partial charge in [0.2, 0.25) is 11.8 Å². The van der Waals surface area contributed by atoms with Crippen molar-refractivity contribution in [3.8, 4) is 0 Å². The number of rotatable bonds is 5. The van der Waals surface area contributed by atoms with E-state index >= 15 is 0 Å². The Hall–Kier alpha value is -3.02. The Balaban J connectivity index is 1.49. The molecule has 2 aliphatic heterocycles. The number of nitrogens with zero attached hydrogens (tertiary/aromatic N) is 3. The molecule has 2 heterocycles. The molecule has 0 aromatic heterocycles. The van der Waals surface area contributed by atoms with Crippen molar-refractivity contribution in [1.29, 1.82) is 0 Å². The fourth-order valence-corrected chi connectivity index (χ4v) is 4.25. The van der Waals surface area contributed by atoms with Gasteiger partial charge in [0.25, 0.3) is 0 Å². The van der Waals surface area contributed by atoms with Gasteiger partial charge in [0.05, 0.1) is 17.4 Å². The first kappa shape index (κ1) is 22.2. The Morgan fingerprint density at radius 1 is 1.22 bits per heavy atom. The Bertz CT molecular complexity index is 1060. The molecule has 0 saturated carbocycles. The molecule has 2 aromatic carbocycles. The standard InChI is InChI=1S/C21H22F2N6O2S/c1-28(2)13-5-3-12(4-6-13)25-18(30)11-32-21-26-19-15(10-24-27-19)20(31)29(21)14-7-8-16(22)17(23)9-14/h3-9,15,19,24,27H,10-11H2,1-2H3,(H,25,30). The number of thioether (sulfide) groups is 1. The SMILES string of the molecule is CN(C)c1ccc(NC(=O)CSC2=NC3NNCC3C(=O)N2c2ccc(F)c(F)c2)cc1. The van der Waals surface area contributed by atoms with Gasteiger partial charge in [-0.25, -0.2) is 19.2 Å². The van der Waals surface area contributed by atoms with Crippen molar-refractivity contribution in [1.82, 2.24) is 10.9 Å². The van der Waals surface area contributed by atoms with Crippen molar-refractivity contribution in [2.24, 2.45) is 10.9 Å². The van der Waals surface area contributed by atoms with Crippen LogP contribution in [0.25, 0.3) is 0 Å². The number of amides is 2. The van der Waals surface area contributed by atoms with Crippen LogP contribution in [0.4, 0.5) is 25.8 Å². The molecule has 168 valence electrons. The van der Waals surface area contributed by atoms with Gasteiger partial charge < -0.3 is 10.2 Å². The van der Waals surface area contributed by atoms with Crippen molar-refractivity contribution in [2.75, 3.05) is 41.5 Å². The molecule has 3 N–H and O–H groups in total. The maximum absolute atomic E-state index is 13.8. The topological polar surface area (TPSA) is 89.1 Å². The highest BCUT2D eigenvalue weighted by molar-refractivity contribution is 8.14. The molecule has 0 spiro atoms. The van der Waals surface area contributed by atoms with Gasteiger partial charge in [-0.05, 0) is 36.4 Å². The largest absolute Gasteiger partial charge is 0.378 e. The highest BCUT2D eigenvalue weighted by Gasteiger charge is 2.42. The minimum Gasteiger partial charge on any atom is -0.378 e. The van der Waals surface area contributed by atoms with E-state index in [1.54, 1.807) is 12.1 Å². The number of aliphatic imine (C=N–C) groups is 1. The number of hydrogen-bond acceptors (Lipinski definition) is 7. The number of nitrogens with one attached hydrogen (secondary N) is 3. The molecule has 1 fully saturated rings. The second kappa shape index (κ2) is 9.23. The molecular weight excluding hydrogens is 438 g/mol. The van der Waals surface area contributed by atoms with Crippen LogP contribution in [0.15, 0.2) is 47.5 Å². The number of anilines is 3. The average molecular weight is 461 g/mol. The van der Waals surface area contributed by atoms with Gasteiger partial charge in [0.15, 0.2) is 16.8 Å². The zero-order chi connectivity index (χ0) is 22.8. The van der Waals surface area contributed by atoms with Crippen molar-refractivity contribution >= 4 is 45.8 Å². The summed E-state index contributed by atoms with van der Waals surface area (Å²) in [7, 11) is 3.85. The monoisotopic (exact) mass is 460 g/mol. The number of hydrazine groups is 1. The van der Waals surface area contributed by atoms with Crippen LogP contribution in [0.2, 0.25) is 0 Å². The number of carbonyl (C=O) groups excluding carboxylic acids is 2. The highest BCUT2D eigenvalue weighted by atomic mass is 32.2. The summed E-state index contributed by atoms with van der Waals surface area (Å²) in [5.74, 6) is -3.18. The van der Waals surface area contributed by atoms with Crippen LogP contribution in [0, 0.1) is 17.6 Å². The second-order valence-electron chi connectivity index (χ2n) is 7.54. The number of carbonyl (C=O) groups is 2. The van der Waals surface area contributed by atoms with Gasteiger partial charge >= 0.3 is 0 Å². The smallest absolute Gasteiger partial charge is 0.241 e. The lowest BCUT2D eigenvalue weighted by Gasteiger charge is -2.32. The Labute approximate surface area is 188 Å². The van der Waals surface area contributed by atoms with Crippen LogP contribution < -0.4 is 26.0 Å². The van der Waals surface area contributed by atoms with E-state index < -0.39 is 23.7 Å². The lowest BCUT2D eigenvalue weighted by atomic mass is 10.0. The maximum atomic E-state index is 13.8. The molecule has 1 saturated heterocycles. The van der Waals surface area contributed by atoms with Crippen LogP contribution in [0.5, 0.6) is 0 Å². The number of hydrogen-bond donors (Lipinski definition) is 3. The third kappa shape index (κ3) is 4.59. The van der Waals surface area contributed by atoms with E-state index in [-0.39, 0.29) is 28.4 Å². The Morgan fingerprint density at radius 3 is 2.66 bits per heavy atom. The summed E-state index contributed by atoms with van der Waals surface area (Å²) in [6, 6.07) is 10.6. The van der Waals surface area contributed by atoms with Gasteiger partial charge in [-0.2, -0.15) is 0 Å². The predicted molar refractivity (Wildman–Crippen MR) is 122 cm³/mol. The predicted octanol–water partition coefficient (Wildman–Crippen LogP) is 2.16. The average Bonchev–Trinajstić information content (AvgIpc) is 3.24. The number of benzene rings is 2. The van der Waals surface area contributed by atoms with E-state index in [9.17, 15) is 18.4 Å². The normalized spacial score (nSPS) is 20.1. The van der Waals surface area contributed by atoms with Crippen LogP contribution >= 0.6 is 11.8 Å². The van der Waals surface area contributed by atoms with Crippen molar-refractivity contribution < 1.29 is 18.4 Å². The first-order valence-electron chi connectivity index (χ1n) is 9.89. The summed E-state index contributed by atoms with van der Waals surface area (Å²) >= 11 is 1.05. The van der Waals surface area contributed by atoms with E-state index in [4.69, 9.17) is 0 Å². The van der Waals surface area contributed by atoms with Crippen molar-refractivity contribution in [2.45, 2.75) is 6.17 Å². The third-order valence-corrected chi connectivity index (χ3v) is 6.05. The molecule has 0 bridgehead atoms. The van der Waals surface area contributed by atoms with E-state index in [0.717, 1.165) is 29.6 Å². The van der Waals surface area contributed by atoms with Crippen LogP contribution in [-0.2, 0) is 9.59 Å². The third-order valence-electron chi connectivity index (χ3n) is 5.09. The Morgan fingerprint density at radius 2 is 1.97 bits per heavy atom. The van der Waals surface area contributed by atoms with Gasteiger partial charge in [-0.15, -0.1) is 0 Å². The molecule has 4 rings (SSSR count). The lowest BCUT2D eigenvalue weighted by Crippen LogP contribution is -2.49. The molecule has 2 unspecified atom stereocenters. The molecule has 2 aromatic rings. The minimum absolute atomic E-state index is 0.0213. The summed E-state index contributed by atoms with van der Waals surface area (Å²) in [6.45, 7) is 0.356. The molecule has 32 heavy (non-hydrogen) atoms. The molecule has 2 atom stereocenters. The van der Waals surface area contributed by atoms with Crippen LogP contribution in [0.3, 0.4) is 0 Å².